The van der Waals surface area contributed by atoms with Crippen molar-refractivity contribution in [1.82, 2.24) is 0 Å². The Morgan fingerprint density at radius 3 is 1.85 bits per heavy atom. The van der Waals surface area contributed by atoms with E-state index in [1.807, 2.05) is 0 Å². The molecule has 0 aromatic heterocycles. The number of benzene rings is 1. The molecule has 2 bridgehead atoms. The number of carbonyl (C=O) groups is 2. The number of fused-ring (bicyclic) bond motifs is 1. The van der Waals surface area contributed by atoms with Crippen molar-refractivity contribution >= 4 is 29.1 Å². The van der Waals surface area contributed by atoms with Crippen molar-refractivity contribution in [3.05, 3.63) is 41.4 Å². The van der Waals surface area contributed by atoms with E-state index in [-0.39, 0.29) is 35.5 Å². The monoisotopic (exact) mass is 287 g/mol. The van der Waals surface area contributed by atoms with Gasteiger partial charge >= 0.3 is 0 Å². The first-order valence-corrected chi connectivity index (χ1v) is 7.36. The van der Waals surface area contributed by atoms with Crippen LogP contribution in [0.4, 0.5) is 5.69 Å². The number of imide groups is 1. The zero-order valence-corrected chi connectivity index (χ0v) is 11.6. The van der Waals surface area contributed by atoms with E-state index in [9.17, 15) is 9.59 Å². The predicted octanol–water partition coefficient (Wildman–Crippen LogP) is 3.04. The Kier molecular flexibility index (Phi) is 2.55. The van der Waals surface area contributed by atoms with Crippen molar-refractivity contribution in [3.8, 4) is 0 Å². The lowest BCUT2D eigenvalue weighted by molar-refractivity contribution is -0.124. The lowest BCUT2D eigenvalue weighted by Crippen LogP contribution is -2.38. The molecule has 0 unspecified atom stereocenters. The van der Waals surface area contributed by atoms with Gasteiger partial charge < -0.3 is 0 Å². The van der Waals surface area contributed by atoms with Crippen LogP contribution in [0.25, 0.3) is 0 Å². The fourth-order valence-electron chi connectivity index (χ4n) is 3.92. The summed E-state index contributed by atoms with van der Waals surface area (Å²) in [5.41, 5.74) is 0.637. The average molecular weight is 288 g/mol. The van der Waals surface area contributed by atoms with E-state index in [2.05, 4.69) is 12.2 Å². The molecule has 5 rings (SSSR count). The van der Waals surface area contributed by atoms with E-state index >= 15 is 0 Å². The van der Waals surface area contributed by atoms with Gasteiger partial charge in [0.1, 0.15) is 0 Å². The Bertz CT molecular complexity index is 590. The summed E-state index contributed by atoms with van der Waals surface area (Å²) >= 11 is 5.87. The van der Waals surface area contributed by atoms with E-state index in [1.54, 1.807) is 24.3 Å². The molecule has 1 saturated carbocycles. The number of amides is 2. The Balaban J connectivity index is 1.75. The van der Waals surface area contributed by atoms with Crippen molar-refractivity contribution in [2.24, 2.45) is 23.7 Å². The van der Waals surface area contributed by atoms with Crippen LogP contribution in [0.3, 0.4) is 0 Å². The molecule has 1 aromatic rings. The third kappa shape index (κ3) is 1.53. The highest BCUT2D eigenvalue weighted by Crippen LogP contribution is 2.50. The first-order valence-electron chi connectivity index (χ1n) is 6.98. The molecule has 4 atom stereocenters. The van der Waals surface area contributed by atoms with Crippen molar-refractivity contribution in [1.29, 1.82) is 0 Å². The average Bonchev–Trinajstić information content (AvgIpc) is 2.76. The van der Waals surface area contributed by atoms with Gasteiger partial charge in [0.15, 0.2) is 0 Å². The lowest BCUT2D eigenvalue weighted by Gasteiger charge is -2.38. The molecule has 1 saturated heterocycles. The van der Waals surface area contributed by atoms with E-state index in [0.29, 0.717) is 10.7 Å². The third-order valence-corrected chi connectivity index (χ3v) is 5.10. The number of carbonyl (C=O) groups excluding carboxylic acids is 2. The number of anilines is 1. The highest BCUT2D eigenvalue weighted by molar-refractivity contribution is 6.30. The molecule has 20 heavy (non-hydrogen) atoms. The Morgan fingerprint density at radius 2 is 1.40 bits per heavy atom. The summed E-state index contributed by atoms with van der Waals surface area (Å²) in [7, 11) is 0. The highest BCUT2D eigenvalue weighted by Gasteiger charge is 2.56. The van der Waals surface area contributed by atoms with Gasteiger partial charge in [-0.05, 0) is 48.9 Å². The maximum atomic E-state index is 12.7. The summed E-state index contributed by atoms with van der Waals surface area (Å²) < 4.78 is 0. The topological polar surface area (TPSA) is 37.4 Å². The van der Waals surface area contributed by atoms with Gasteiger partial charge in [0.05, 0.1) is 17.5 Å². The van der Waals surface area contributed by atoms with E-state index < -0.39 is 0 Å². The number of allylic oxidation sites excluding steroid dienone is 2. The molecule has 1 aliphatic heterocycles. The van der Waals surface area contributed by atoms with Gasteiger partial charge in [0, 0.05) is 5.02 Å². The number of hydrogen-bond acceptors (Lipinski definition) is 2. The van der Waals surface area contributed by atoms with Gasteiger partial charge in [-0.15, -0.1) is 0 Å². The predicted molar refractivity (Wildman–Crippen MR) is 76.3 cm³/mol. The van der Waals surface area contributed by atoms with Crippen LogP contribution in [-0.4, -0.2) is 11.8 Å². The molecule has 2 fully saturated rings. The van der Waals surface area contributed by atoms with Crippen molar-refractivity contribution in [2.75, 3.05) is 4.90 Å². The molecule has 4 heteroatoms. The van der Waals surface area contributed by atoms with E-state index in [0.717, 1.165) is 12.8 Å². The molecule has 0 N–H and O–H groups in total. The van der Waals surface area contributed by atoms with Crippen LogP contribution in [0.1, 0.15) is 12.8 Å². The molecule has 1 aromatic carbocycles. The van der Waals surface area contributed by atoms with Crippen LogP contribution < -0.4 is 4.90 Å². The summed E-state index contributed by atoms with van der Waals surface area (Å²) in [5, 5.41) is 0.604. The molecule has 0 spiro atoms. The third-order valence-electron chi connectivity index (χ3n) is 4.84. The largest absolute Gasteiger partial charge is 0.274 e. The maximum Gasteiger partial charge on any atom is 0.238 e. The second kappa shape index (κ2) is 4.19. The molecule has 102 valence electrons. The molecule has 3 nitrogen and oxygen atoms in total. The molecule has 0 radical (unpaired) electrons. The van der Waals surface area contributed by atoms with Gasteiger partial charge in [0.25, 0.3) is 0 Å². The fourth-order valence-corrected chi connectivity index (χ4v) is 4.04. The SMILES string of the molecule is O=C1[C@H]2[C@H](C(=O)N1c1ccc(Cl)cc1)[C@@H]1C=C[C@@H]2CC1. The summed E-state index contributed by atoms with van der Waals surface area (Å²) in [4.78, 5) is 26.7. The Hall–Kier alpha value is -1.61. The van der Waals surface area contributed by atoms with Crippen LogP contribution >= 0.6 is 11.6 Å². The minimum absolute atomic E-state index is 0.0404. The molecular weight excluding hydrogens is 274 g/mol. The Labute approximate surface area is 122 Å². The number of halogens is 1. The van der Waals surface area contributed by atoms with Gasteiger partial charge in [-0.25, -0.2) is 0 Å². The van der Waals surface area contributed by atoms with Crippen molar-refractivity contribution in [3.63, 3.8) is 0 Å². The van der Waals surface area contributed by atoms with Crippen LogP contribution in [0.5, 0.6) is 0 Å². The first kappa shape index (κ1) is 12.2. The second-order valence-electron chi connectivity index (χ2n) is 5.83. The first-order chi connectivity index (χ1) is 9.66. The zero-order valence-electron chi connectivity index (χ0n) is 10.8. The zero-order chi connectivity index (χ0) is 13.9. The maximum absolute atomic E-state index is 12.7. The minimum Gasteiger partial charge on any atom is -0.274 e. The quantitative estimate of drug-likeness (QED) is 0.588. The van der Waals surface area contributed by atoms with Gasteiger partial charge in [-0.3, -0.25) is 14.5 Å². The van der Waals surface area contributed by atoms with Crippen LogP contribution in [0.2, 0.25) is 5.02 Å². The number of nitrogens with zero attached hydrogens (tertiary/aromatic N) is 1. The molecule has 1 heterocycles. The molecule has 3 aliphatic carbocycles. The normalized spacial score (nSPS) is 34.8. The van der Waals surface area contributed by atoms with Crippen molar-refractivity contribution < 1.29 is 9.59 Å². The lowest BCUT2D eigenvalue weighted by atomic mass is 9.63. The summed E-state index contributed by atoms with van der Waals surface area (Å²) in [6, 6.07) is 6.91. The summed E-state index contributed by atoms with van der Waals surface area (Å²) in [6.45, 7) is 0. The van der Waals surface area contributed by atoms with Gasteiger partial charge in [0.2, 0.25) is 11.8 Å². The highest BCUT2D eigenvalue weighted by atomic mass is 35.5. The molecule has 2 amide bonds. The molecular formula is C16H14ClNO2. The fraction of sp³-hybridized carbons (Fsp3) is 0.375. The minimum atomic E-state index is -0.151. The second-order valence-corrected chi connectivity index (χ2v) is 6.27. The molecule has 4 aliphatic rings. The standard InChI is InChI=1S/C16H14ClNO2/c17-11-5-7-12(8-6-11)18-15(19)13-9-1-2-10(4-3-9)14(13)16(18)20/h1-2,5-10,13-14H,3-4H2/t9-,10-,13-,14-/m1/s1. The summed E-state index contributed by atoms with van der Waals surface area (Å²) in [6.07, 6.45) is 6.31. The van der Waals surface area contributed by atoms with E-state index in [4.69, 9.17) is 11.6 Å². The van der Waals surface area contributed by atoms with Crippen LogP contribution in [0, 0.1) is 23.7 Å². The van der Waals surface area contributed by atoms with Crippen LogP contribution in [-0.2, 0) is 9.59 Å². The van der Waals surface area contributed by atoms with E-state index in [1.165, 1.54) is 4.90 Å². The number of hydrogen-bond donors (Lipinski definition) is 0. The van der Waals surface area contributed by atoms with Gasteiger partial charge in [-0.1, -0.05) is 23.8 Å². The van der Waals surface area contributed by atoms with Crippen LogP contribution in [0.15, 0.2) is 36.4 Å². The van der Waals surface area contributed by atoms with Gasteiger partial charge in [-0.2, -0.15) is 0 Å². The Morgan fingerprint density at radius 1 is 0.900 bits per heavy atom. The van der Waals surface area contributed by atoms with Crippen molar-refractivity contribution in [2.45, 2.75) is 12.8 Å². The number of rotatable bonds is 1. The smallest absolute Gasteiger partial charge is 0.238 e. The summed E-state index contributed by atoms with van der Waals surface area (Å²) in [5.74, 6) is 0.0871.